The maximum absolute atomic E-state index is 5.08. The highest BCUT2D eigenvalue weighted by molar-refractivity contribution is 5.86. The van der Waals surface area contributed by atoms with Crippen LogP contribution in [-0.4, -0.2) is 25.5 Å². The van der Waals surface area contributed by atoms with E-state index in [-0.39, 0.29) is 0 Å². The third-order valence-corrected chi connectivity index (χ3v) is 5.96. The number of nitrogens with one attached hydrogen (secondary N) is 1. The SMILES string of the molecule is CC/C=C(/C)C(=C(C)C)n1c2ncccc2n2c(CNCCC)c(CC)nc12.CC1CC1. The molecule has 1 fully saturated rings. The van der Waals surface area contributed by atoms with Crippen molar-refractivity contribution in [2.45, 2.75) is 87.1 Å². The van der Waals surface area contributed by atoms with E-state index in [4.69, 9.17) is 9.97 Å². The molecule has 0 amide bonds. The van der Waals surface area contributed by atoms with E-state index in [0.717, 1.165) is 60.9 Å². The van der Waals surface area contributed by atoms with Crippen LogP contribution in [-0.2, 0) is 13.0 Å². The van der Waals surface area contributed by atoms with Crippen molar-refractivity contribution in [3.63, 3.8) is 0 Å². The molecule has 4 rings (SSSR count). The number of rotatable bonds is 8. The number of allylic oxidation sites excluding steroid dienone is 4. The number of aromatic nitrogens is 4. The van der Waals surface area contributed by atoms with Gasteiger partial charge in [0.2, 0.25) is 5.78 Å². The van der Waals surface area contributed by atoms with Gasteiger partial charge in [-0.15, -0.1) is 0 Å². The van der Waals surface area contributed by atoms with Gasteiger partial charge in [-0.2, -0.15) is 0 Å². The predicted molar refractivity (Wildman–Crippen MR) is 137 cm³/mol. The molecule has 3 heterocycles. The van der Waals surface area contributed by atoms with Crippen molar-refractivity contribution in [3.8, 4) is 0 Å². The monoisotopic (exact) mass is 435 g/mol. The summed E-state index contributed by atoms with van der Waals surface area (Å²) < 4.78 is 4.54. The Labute approximate surface area is 193 Å². The minimum atomic E-state index is 0.820. The van der Waals surface area contributed by atoms with Gasteiger partial charge < -0.3 is 5.32 Å². The minimum absolute atomic E-state index is 0.820. The van der Waals surface area contributed by atoms with E-state index in [0.29, 0.717) is 0 Å². The van der Waals surface area contributed by atoms with Gasteiger partial charge in [-0.05, 0) is 70.2 Å². The quantitative estimate of drug-likeness (QED) is 0.314. The molecule has 0 aromatic carbocycles. The first kappa shape index (κ1) is 24.2. The molecule has 0 radical (unpaired) electrons. The van der Waals surface area contributed by atoms with Crippen molar-refractivity contribution in [1.29, 1.82) is 0 Å². The van der Waals surface area contributed by atoms with Gasteiger partial charge in [-0.25, -0.2) is 9.97 Å². The van der Waals surface area contributed by atoms with Gasteiger partial charge in [0.1, 0.15) is 0 Å². The number of aryl methyl sites for hydroxylation is 1. The van der Waals surface area contributed by atoms with E-state index in [1.54, 1.807) is 0 Å². The third kappa shape index (κ3) is 5.15. The third-order valence-electron chi connectivity index (χ3n) is 5.96. The van der Waals surface area contributed by atoms with Crippen LogP contribution in [0.2, 0.25) is 0 Å². The van der Waals surface area contributed by atoms with E-state index in [1.165, 1.54) is 35.4 Å². The largest absolute Gasteiger partial charge is 0.311 e. The standard InChI is InChI=1S/C23H33N5.C4H8/c1-7-11-17(6)21(16(4)5)28-22-19(12-10-14-25-22)27-20(15-24-13-8-2)18(9-3)26-23(27)28;1-4-2-3-4/h10-12,14,24H,7-9,13,15H2,1-6H3;4H,2-3H2,1H3/b17-11-;. The first-order valence-corrected chi connectivity index (χ1v) is 12.4. The highest BCUT2D eigenvalue weighted by Gasteiger charge is 2.22. The summed E-state index contributed by atoms with van der Waals surface area (Å²) in [6.45, 7) is 17.2. The van der Waals surface area contributed by atoms with E-state index < -0.39 is 0 Å². The molecule has 1 aliphatic carbocycles. The fourth-order valence-corrected chi connectivity index (χ4v) is 4.14. The molecule has 32 heavy (non-hydrogen) atoms. The Morgan fingerprint density at radius 1 is 1.19 bits per heavy atom. The summed E-state index contributed by atoms with van der Waals surface area (Å²) in [6.07, 6.45) is 10.2. The van der Waals surface area contributed by atoms with Gasteiger partial charge in [-0.1, -0.05) is 52.2 Å². The van der Waals surface area contributed by atoms with Gasteiger partial charge in [0.25, 0.3) is 0 Å². The number of hydrogen-bond donors (Lipinski definition) is 1. The maximum atomic E-state index is 5.08. The summed E-state index contributed by atoms with van der Waals surface area (Å²) in [5, 5.41) is 3.56. The second kappa shape index (κ2) is 11.0. The molecule has 3 aromatic rings. The molecule has 0 saturated heterocycles. The lowest BCUT2D eigenvalue weighted by atomic mass is 10.1. The van der Waals surface area contributed by atoms with Crippen molar-refractivity contribution in [2.24, 2.45) is 5.92 Å². The molecule has 0 unspecified atom stereocenters. The zero-order valence-corrected chi connectivity index (χ0v) is 21.1. The Bertz CT molecular complexity index is 1100. The van der Waals surface area contributed by atoms with Crippen LogP contribution in [0.3, 0.4) is 0 Å². The fourth-order valence-electron chi connectivity index (χ4n) is 4.14. The average Bonchev–Trinajstić information content (AvgIpc) is 3.38. The number of pyridine rings is 1. The van der Waals surface area contributed by atoms with Crippen molar-refractivity contribution in [3.05, 3.63) is 46.9 Å². The summed E-state index contributed by atoms with van der Waals surface area (Å²) >= 11 is 0. The normalized spacial score (nSPS) is 14.0. The van der Waals surface area contributed by atoms with Gasteiger partial charge in [0.15, 0.2) is 5.65 Å². The molecule has 174 valence electrons. The Morgan fingerprint density at radius 2 is 1.91 bits per heavy atom. The Balaban J connectivity index is 0.000000650. The van der Waals surface area contributed by atoms with Crippen LogP contribution in [0.4, 0.5) is 0 Å². The number of hydrogen-bond acceptors (Lipinski definition) is 3. The molecule has 1 saturated carbocycles. The summed E-state index contributed by atoms with van der Waals surface area (Å²) in [5.74, 6) is 2.04. The van der Waals surface area contributed by atoms with Gasteiger partial charge in [0, 0.05) is 12.7 Å². The molecular formula is C27H41N5. The molecule has 3 aromatic heterocycles. The average molecular weight is 436 g/mol. The maximum Gasteiger partial charge on any atom is 0.221 e. The van der Waals surface area contributed by atoms with Crippen LogP contribution in [0.5, 0.6) is 0 Å². The van der Waals surface area contributed by atoms with Crippen LogP contribution in [0.25, 0.3) is 22.6 Å². The Kier molecular flexibility index (Phi) is 8.30. The second-order valence-electron chi connectivity index (χ2n) is 9.18. The molecule has 0 aliphatic heterocycles. The highest BCUT2D eigenvalue weighted by Crippen LogP contribution is 2.31. The predicted octanol–water partition coefficient (Wildman–Crippen LogP) is 6.77. The van der Waals surface area contributed by atoms with E-state index in [9.17, 15) is 0 Å². The molecule has 5 heteroatoms. The fraction of sp³-hybridized carbons (Fsp3) is 0.556. The molecule has 1 aliphatic rings. The summed E-state index contributed by atoms with van der Waals surface area (Å²) in [7, 11) is 0. The first-order valence-electron chi connectivity index (χ1n) is 12.4. The zero-order valence-electron chi connectivity index (χ0n) is 21.1. The topological polar surface area (TPSA) is 47.1 Å². The molecule has 0 spiro atoms. The van der Waals surface area contributed by atoms with Crippen LogP contribution < -0.4 is 5.32 Å². The zero-order chi connectivity index (χ0) is 23.3. The van der Waals surface area contributed by atoms with E-state index >= 15 is 0 Å². The summed E-state index contributed by atoms with van der Waals surface area (Å²) in [6, 6.07) is 4.16. The van der Waals surface area contributed by atoms with Crippen molar-refractivity contribution < 1.29 is 0 Å². The number of fused-ring (bicyclic) bond motifs is 3. The summed E-state index contributed by atoms with van der Waals surface area (Å²) in [4.78, 5) is 9.83. The first-order chi connectivity index (χ1) is 15.4. The Morgan fingerprint density at radius 3 is 2.47 bits per heavy atom. The van der Waals surface area contributed by atoms with Gasteiger partial charge in [-0.3, -0.25) is 8.97 Å². The van der Waals surface area contributed by atoms with Crippen LogP contribution >= 0.6 is 0 Å². The smallest absolute Gasteiger partial charge is 0.221 e. The lowest BCUT2D eigenvalue weighted by Gasteiger charge is -2.13. The minimum Gasteiger partial charge on any atom is -0.311 e. The van der Waals surface area contributed by atoms with E-state index in [2.05, 4.69) is 74.9 Å². The van der Waals surface area contributed by atoms with Gasteiger partial charge in [0.05, 0.1) is 22.6 Å². The molecule has 1 N–H and O–H groups in total. The Hall–Kier alpha value is -2.40. The number of imidazole rings is 2. The van der Waals surface area contributed by atoms with Crippen LogP contribution in [0, 0.1) is 5.92 Å². The molecular weight excluding hydrogens is 394 g/mol. The second-order valence-corrected chi connectivity index (χ2v) is 9.18. The number of nitrogens with zero attached hydrogens (tertiary/aromatic N) is 4. The lowest BCUT2D eigenvalue weighted by molar-refractivity contribution is 0.658. The van der Waals surface area contributed by atoms with Crippen molar-refractivity contribution in [2.75, 3.05) is 6.54 Å². The summed E-state index contributed by atoms with van der Waals surface area (Å²) in [5.41, 5.74) is 8.20. The van der Waals surface area contributed by atoms with Crippen LogP contribution in [0.1, 0.15) is 85.5 Å². The highest BCUT2D eigenvalue weighted by atomic mass is 15.2. The molecule has 0 atom stereocenters. The molecule has 0 bridgehead atoms. The van der Waals surface area contributed by atoms with Crippen molar-refractivity contribution in [1.82, 2.24) is 24.3 Å². The van der Waals surface area contributed by atoms with Crippen molar-refractivity contribution >= 4 is 22.6 Å². The van der Waals surface area contributed by atoms with E-state index in [1.807, 2.05) is 12.3 Å². The molecule has 5 nitrogen and oxygen atoms in total. The van der Waals surface area contributed by atoms with Crippen LogP contribution in [0.15, 0.2) is 35.6 Å². The van der Waals surface area contributed by atoms with Gasteiger partial charge >= 0.3 is 0 Å². The lowest BCUT2D eigenvalue weighted by Crippen LogP contribution is -2.16.